The summed E-state index contributed by atoms with van der Waals surface area (Å²) in [6.07, 6.45) is 0. The molecule has 0 unspecified atom stereocenters. The lowest BCUT2D eigenvalue weighted by Gasteiger charge is -2.49. The van der Waals surface area contributed by atoms with Gasteiger partial charge in [0.25, 0.3) is 0 Å². The molecule has 10 aromatic rings. The topological polar surface area (TPSA) is 9.72 Å². The molecule has 0 saturated heterocycles. The number of hydrogen-bond donors (Lipinski definition) is 0. The normalized spacial score (nSPS) is 14.9. The molecule has 0 saturated carbocycles. The molecule has 2 heterocycles. The highest BCUT2D eigenvalue weighted by Crippen LogP contribution is 2.62. The van der Waals surface area contributed by atoms with Gasteiger partial charge in [-0.2, -0.15) is 0 Å². The van der Waals surface area contributed by atoms with Crippen LogP contribution in [0.5, 0.6) is 0 Å². The van der Waals surface area contributed by atoms with Crippen molar-refractivity contribution in [3.8, 4) is 44.5 Å². The number of rotatable bonds is 6. The number of nitrogens with zero attached hydrogens (tertiary/aromatic N) is 3. The first kappa shape index (κ1) is 48.1. The molecule has 0 bridgehead atoms. The maximum Gasteiger partial charge on any atom is 0.333 e. The Kier molecular flexibility index (Phi) is 10.5. The molecule has 0 atom stereocenters. The van der Waals surface area contributed by atoms with Gasteiger partial charge in [0.15, 0.2) is 0 Å². The van der Waals surface area contributed by atoms with E-state index in [0.717, 1.165) is 17.1 Å². The first-order valence-electron chi connectivity index (χ1n) is 28.0. The lowest BCUT2D eigenvalue weighted by Crippen LogP contribution is -2.62. The van der Waals surface area contributed by atoms with Crippen LogP contribution in [-0.4, -0.2) is 6.85 Å². The van der Waals surface area contributed by atoms with E-state index < -0.39 is 0 Å². The molecule has 4 heteroatoms. The van der Waals surface area contributed by atoms with E-state index in [2.05, 4.69) is 302 Å². The van der Waals surface area contributed by atoms with Crippen molar-refractivity contribution in [2.75, 3.05) is 14.6 Å². The van der Waals surface area contributed by atoms with Gasteiger partial charge in [-0.05, 0) is 167 Å². The molecular weight excluding hydrogens is 942 g/mol. The number of hydrogen-bond acceptors (Lipinski definition) is 3. The molecule has 0 aromatic heterocycles. The zero-order valence-electron chi connectivity index (χ0n) is 46.7. The quantitative estimate of drug-likeness (QED) is 0.154. The Labute approximate surface area is 462 Å². The minimum absolute atomic E-state index is 0.0138. The van der Waals surface area contributed by atoms with Gasteiger partial charge in [-0.3, -0.25) is 0 Å². The fourth-order valence-corrected chi connectivity index (χ4v) is 14.1. The molecule has 10 aromatic carbocycles. The van der Waals surface area contributed by atoms with Gasteiger partial charge in [0.1, 0.15) is 0 Å². The SMILES string of the molecule is CC(C)(C)c1ccc(N2B3c4cc(N(c5ccccc5)c5ccccc5)ccc4N(c4ccc(C(C)(C)C)cc4-c4ccccc4)c4c3c(cc3c4C(C)(C)c4ccccc4-3)-c3c2ccc2c3C(C)(C)c3ccccc3-2)cc1. The monoisotopic (exact) mass is 1010 g/mol. The van der Waals surface area contributed by atoms with Crippen LogP contribution < -0.4 is 25.5 Å². The summed E-state index contributed by atoms with van der Waals surface area (Å²) in [5.74, 6) is 0. The van der Waals surface area contributed by atoms with Crippen molar-refractivity contribution < 1.29 is 0 Å². The van der Waals surface area contributed by atoms with Crippen molar-refractivity contribution in [2.24, 2.45) is 0 Å². The molecule has 0 amide bonds. The summed E-state index contributed by atoms with van der Waals surface area (Å²) in [7, 11) is 0. The average Bonchev–Trinajstić information content (AvgIpc) is 2.64. The third-order valence-corrected chi connectivity index (χ3v) is 17.9. The Morgan fingerprint density at radius 2 is 0.923 bits per heavy atom. The minimum Gasteiger partial charge on any atom is -0.376 e. The minimum atomic E-state index is -0.347. The molecule has 78 heavy (non-hydrogen) atoms. The van der Waals surface area contributed by atoms with Gasteiger partial charge < -0.3 is 14.6 Å². The van der Waals surface area contributed by atoms with E-state index in [9.17, 15) is 0 Å². The Balaban J connectivity index is 1.18. The van der Waals surface area contributed by atoms with Crippen molar-refractivity contribution in [3.05, 3.63) is 252 Å². The molecule has 0 spiro atoms. The predicted molar refractivity (Wildman–Crippen MR) is 333 cm³/mol. The van der Waals surface area contributed by atoms with Crippen LogP contribution in [-0.2, 0) is 21.7 Å². The Morgan fingerprint density at radius 3 is 1.54 bits per heavy atom. The van der Waals surface area contributed by atoms with Crippen molar-refractivity contribution in [2.45, 2.75) is 90.9 Å². The van der Waals surface area contributed by atoms with Crippen LogP contribution in [0, 0.1) is 0 Å². The summed E-state index contributed by atoms with van der Waals surface area (Å²) in [6, 6.07) is 83.1. The number of para-hydroxylation sites is 2. The van der Waals surface area contributed by atoms with Crippen molar-refractivity contribution in [1.82, 2.24) is 0 Å². The fourth-order valence-electron chi connectivity index (χ4n) is 14.1. The summed E-state index contributed by atoms with van der Waals surface area (Å²) in [5, 5.41) is 0. The lowest BCUT2D eigenvalue weighted by atomic mass is 9.42. The Bertz CT molecular complexity index is 4010. The second-order valence-corrected chi connectivity index (χ2v) is 25.3. The standard InChI is InChI=1S/C74H66BN3/c1-71(2,3)48-34-37-52(38-35-48)78-65-43-40-56-54-30-20-22-32-60(54)73(7,8)67(56)66(65)59-46-58-55-31-21-23-33-61(55)74(9,10)68(58)70-69(59)75(78)62-45-53(76(50-26-16-12-17-27-50)51-28-18-13-19-29-51)39-42-64(62)77(70)63-41-36-49(72(4,5)6)44-57(63)47-24-14-11-15-25-47/h11-46H,1-10H3. The van der Waals surface area contributed by atoms with Gasteiger partial charge >= 0.3 is 6.85 Å². The van der Waals surface area contributed by atoms with Gasteiger partial charge in [-0.15, -0.1) is 0 Å². The van der Waals surface area contributed by atoms with Crippen molar-refractivity contribution in [1.29, 1.82) is 0 Å². The molecule has 14 rings (SSSR count). The largest absolute Gasteiger partial charge is 0.376 e. The van der Waals surface area contributed by atoms with Crippen LogP contribution in [0.2, 0.25) is 0 Å². The van der Waals surface area contributed by atoms with Gasteiger partial charge in [-0.1, -0.05) is 209 Å². The maximum atomic E-state index is 2.74. The molecule has 380 valence electrons. The maximum absolute atomic E-state index is 2.74. The van der Waals surface area contributed by atoms with Crippen LogP contribution in [0.25, 0.3) is 44.5 Å². The molecule has 0 radical (unpaired) electrons. The molecule has 3 nitrogen and oxygen atoms in total. The van der Waals surface area contributed by atoms with E-state index in [0.29, 0.717) is 0 Å². The van der Waals surface area contributed by atoms with E-state index >= 15 is 0 Å². The Hall–Kier alpha value is -8.34. The third-order valence-electron chi connectivity index (χ3n) is 17.9. The number of anilines is 8. The molecule has 0 fully saturated rings. The summed E-state index contributed by atoms with van der Waals surface area (Å²) in [6.45, 7) is 23.6. The third kappa shape index (κ3) is 7.04. The summed E-state index contributed by atoms with van der Waals surface area (Å²) in [4.78, 5) is 7.90. The van der Waals surface area contributed by atoms with Crippen LogP contribution in [0.1, 0.15) is 103 Å². The van der Waals surface area contributed by atoms with Crippen LogP contribution in [0.4, 0.5) is 45.5 Å². The highest BCUT2D eigenvalue weighted by molar-refractivity contribution is 6.94. The highest BCUT2D eigenvalue weighted by atomic mass is 15.2. The summed E-state index contributed by atoms with van der Waals surface area (Å²) < 4.78 is 0. The van der Waals surface area contributed by atoms with Crippen LogP contribution in [0.15, 0.2) is 218 Å². The predicted octanol–water partition coefficient (Wildman–Crippen LogP) is 18.7. The van der Waals surface area contributed by atoms with Gasteiger partial charge in [0.05, 0.1) is 5.69 Å². The van der Waals surface area contributed by atoms with Gasteiger partial charge in [0, 0.05) is 61.8 Å². The molecule has 0 N–H and O–H groups in total. The zero-order valence-corrected chi connectivity index (χ0v) is 46.7. The van der Waals surface area contributed by atoms with E-state index in [-0.39, 0.29) is 28.5 Å². The zero-order chi connectivity index (χ0) is 53.6. The van der Waals surface area contributed by atoms with Gasteiger partial charge in [0.2, 0.25) is 0 Å². The molecule has 2 aliphatic carbocycles. The summed E-state index contributed by atoms with van der Waals surface area (Å²) >= 11 is 0. The Morgan fingerprint density at radius 1 is 0.397 bits per heavy atom. The van der Waals surface area contributed by atoms with E-state index in [1.165, 1.54) is 117 Å². The smallest absolute Gasteiger partial charge is 0.333 e. The van der Waals surface area contributed by atoms with Crippen molar-refractivity contribution in [3.63, 3.8) is 0 Å². The van der Waals surface area contributed by atoms with Crippen LogP contribution in [0.3, 0.4) is 0 Å². The van der Waals surface area contributed by atoms with Gasteiger partial charge in [-0.25, -0.2) is 0 Å². The number of fused-ring (bicyclic) bond motifs is 12. The molecule has 4 aliphatic rings. The average molecular weight is 1010 g/mol. The first-order chi connectivity index (χ1) is 37.5. The van der Waals surface area contributed by atoms with Crippen molar-refractivity contribution >= 4 is 63.3 Å². The molecule has 2 aliphatic heterocycles. The number of benzene rings is 10. The second kappa shape index (κ2) is 17.1. The van der Waals surface area contributed by atoms with E-state index in [1.54, 1.807) is 0 Å². The molecular formula is C74H66BN3. The fraction of sp³-hybridized carbons (Fsp3) is 0.189. The summed E-state index contributed by atoms with van der Waals surface area (Å²) in [5.41, 5.74) is 29.7. The van der Waals surface area contributed by atoms with Crippen LogP contribution >= 0.6 is 0 Å². The first-order valence-corrected chi connectivity index (χ1v) is 28.0. The van der Waals surface area contributed by atoms with E-state index in [4.69, 9.17) is 0 Å². The second-order valence-electron chi connectivity index (χ2n) is 25.3. The highest BCUT2D eigenvalue weighted by Gasteiger charge is 2.52. The van der Waals surface area contributed by atoms with E-state index in [1.807, 2.05) is 0 Å². The lowest BCUT2D eigenvalue weighted by molar-refractivity contribution is 0.590.